The van der Waals surface area contributed by atoms with E-state index in [1.54, 1.807) is 7.11 Å². The van der Waals surface area contributed by atoms with Gasteiger partial charge < -0.3 is 14.2 Å². The Bertz CT molecular complexity index is 303. The first-order valence-electron chi connectivity index (χ1n) is 5.71. The van der Waals surface area contributed by atoms with Crippen molar-refractivity contribution in [3.8, 4) is 5.75 Å². The summed E-state index contributed by atoms with van der Waals surface area (Å²) >= 11 is 0. The number of ether oxygens (including phenoxy) is 3. The van der Waals surface area contributed by atoms with Gasteiger partial charge in [-0.15, -0.1) is 0 Å². The summed E-state index contributed by atoms with van der Waals surface area (Å²) in [6.07, 6.45) is 2.73. The maximum Gasteiger partial charge on any atom is 0.118 e. The molecule has 0 bridgehead atoms. The summed E-state index contributed by atoms with van der Waals surface area (Å²) < 4.78 is 15.8. The van der Waals surface area contributed by atoms with Crippen LogP contribution in [0.3, 0.4) is 0 Å². The van der Waals surface area contributed by atoms with Crippen LogP contribution in [-0.4, -0.2) is 26.4 Å². The highest BCUT2D eigenvalue weighted by Gasteiger charge is 2.20. The van der Waals surface area contributed by atoms with Crippen LogP contribution in [0.2, 0.25) is 0 Å². The molecule has 1 saturated heterocycles. The summed E-state index contributed by atoms with van der Waals surface area (Å²) in [6.45, 7) is 2.43. The summed E-state index contributed by atoms with van der Waals surface area (Å²) in [5.41, 5.74) is 1.18. The molecule has 0 aliphatic carbocycles. The van der Waals surface area contributed by atoms with Crippen LogP contribution in [0.25, 0.3) is 0 Å². The molecule has 88 valence electrons. The molecule has 1 aliphatic heterocycles. The zero-order chi connectivity index (χ0) is 11.2. The molecular formula is C13H18O3. The zero-order valence-electron chi connectivity index (χ0n) is 9.65. The molecule has 1 unspecified atom stereocenters. The third kappa shape index (κ3) is 3.83. The Morgan fingerprint density at radius 1 is 1.31 bits per heavy atom. The normalized spacial score (nSPS) is 18.4. The summed E-state index contributed by atoms with van der Waals surface area (Å²) in [7, 11) is 1.67. The number of rotatable bonds is 7. The first-order chi connectivity index (χ1) is 7.88. The highest BCUT2D eigenvalue weighted by Crippen LogP contribution is 2.15. The molecule has 1 aliphatic rings. The predicted molar refractivity (Wildman–Crippen MR) is 61.6 cm³/mol. The molecule has 2 rings (SSSR count). The molecule has 1 aromatic carbocycles. The van der Waals surface area contributed by atoms with Crippen LogP contribution in [0.15, 0.2) is 24.3 Å². The van der Waals surface area contributed by atoms with Crippen LogP contribution < -0.4 is 4.74 Å². The van der Waals surface area contributed by atoms with Crippen molar-refractivity contribution >= 4 is 0 Å². The average molecular weight is 222 g/mol. The molecular weight excluding hydrogens is 204 g/mol. The first-order valence-corrected chi connectivity index (χ1v) is 5.71. The fraction of sp³-hybridized carbons (Fsp3) is 0.538. The topological polar surface area (TPSA) is 31.0 Å². The van der Waals surface area contributed by atoms with Crippen molar-refractivity contribution in [3.05, 3.63) is 29.8 Å². The minimum Gasteiger partial charge on any atom is -0.497 e. The molecule has 3 heteroatoms. The molecule has 1 heterocycles. The van der Waals surface area contributed by atoms with Crippen LogP contribution in [0.4, 0.5) is 0 Å². The smallest absolute Gasteiger partial charge is 0.118 e. The molecule has 0 N–H and O–H groups in total. The molecule has 0 spiro atoms. The van der Waals surface area contributed by atoms with E-state index < -0.39 is 0 Å². The lowest BCUT2D eigenvalue weighted by atomic mass is 10.2. The van der Waals surface area contributed by atoms with Gasteiger partial charge in [0.05, 0.1) is 26.4 Å². The molecule has 1 atom stereocenters. The molecule has 0 saturated carbocycles. The highest BCUT2D eigenvalue weighted by atomic mass is 16.6. The lowest BCUT2D eigenvalue weighted by Gasteiger charge is -2.05. The fourth-order valence-electron chi connectivity index (χ4n) is 1.56. The second kappa shape index (κ2) is 5.87. The van der Waals surface area contributed by atoms with Crippen molar-refractivity contribution in [2.45, 2.75) is 25.6 Å². The summed E-state index contributed by atoms with van der Waals surface area (Å²) in [5, 5.41) is 0. The van der Waals surface area contributed by atoms with E-state index in [1.165, 1.54) is 5.56 Å². The van der Waals surface area contributed by atoms with Crippen molar-refractivity contribution in [1.29, 1.82) is 0 Å². The van der Waals surface area contributed by atoms with Crippen LogP contribution >= 0.6 is 0 Å². The Labute approximate surface area is 96.3 Å². The van der Waals surface area contributed by atoms with Crippen molar-refractivity contribution < 1.29 is 14.2 Å². The predicted octanol–water partition coefficient (Wildman–Crippen LogP) is 2.39. The SMILES string of the molecule is COc1ccc(COCCCC2CO2)cc1. The summed E-state index contributed by atoms with van der Waals surface area (Å²) in [5.74, 6) is 0.884. The van der Waals surface area contributed by atoms with Crippen molar-refractivity contribution in [2.24, 2.45) is 0 Å². The van der Waals surface area contributed by atoms with Crippen molar-refractivity contribution in [3.63, 3.8) is 0 Å². The maximum absolute atomic E-state index is 5.58. The highest BCUT2D eigenvalue weighted by molar-refractivity contribution is 5.26. The molecule has 16 heavy (non-hydrogen) atoms. The van der Waals surface area contributed by atoms with Gasteiger partial charge in [-0.2, -0.15) is 0 Å². The van der Waals surface area contributed by atoms with Gasteiger partial charge in [0.2, 0.25) is 0 Å². The number of methoxy groups -OCH3 is 1. The first kappa shape index (κ1) is 11.4. The standard InChI is InChI=1S/C13H18O3/c1-14-12-6-4-11(5-7-12)9-15-8-2-3-13-10-16-13/h4-7,13H,2-3,8-10H2,1H3. The largest absolute Gasteiger partial charge is 0.497 e. The Hall–Kier alpha value is -1.06. The van der Waals surface area contributed by atoms with E-state index in [-0.39, 0.29) is 0 Å². The van der Waals surface area contributed by atoms with Gasteiger partial charge in [0.15, 0.2) is 0 Å². The Kier molecular flexibility index (Phi) is 4.19. The van der Waals surface area contributed by atoms with E-state index in [4.69, 9.17) is 14.2 Å². The van der Waals surface area contributed by atoms with Gasteiger partial charge in [0.1, 0.15) is 5.75 Å². The monoisotopic (exact) mass is 222 g/mol. The number of benzene rings is 1. The van der Waals surface area contributed by atoms with Crippen molar-refractivity contribution in [1.82, 2.24) is 0 Å². The minimum atomic E-state index is 0.518. The van der Waals surface area contributed by atoms with Crippen LogP contribution in [-0.2, 0) is 16.1 Å². The second-order valence-corrected chi connectivity index (χ2v) is 4.00. The molecule has 0 aromatic heterocycles. The number of epoxide rings is 1. The van der Waals surface area contributed by atoms with Gasteiger partial charge in [-0.1, -0.05) is 12.1 Å². The Morgan fingerprint density at radius 2 is 2.06 bits per heavy atom. The van der Waals surface area contributed by atoms with Gasteiger partial charge in [-0.25, -0.2) is 0 Å². The average Bonchev–Trinajstić information content (AvgIpc) is 3.13. The van der Waals surface area contributed by atoms with Gasteiger partial charge in [0, 0.05) is 6.61 Å². The lowest BCUT2D eigenvalue weighted by Crippen LogP contribution is -1.97. The van der Waals surface area contributed by atoms with E-state index in [1.807, 2.05) is 24.3 Å². The Morgan fingerprint density at radius 3 is 2.69 bits per heavy atom. The van der Waals surface area contributed by atoms with Crippen LogP contribution in [0, 0.1) is 0 Å². The molecule has 1 aromatic rings. The van der Waals surface area contributed by atoms with Crippen LogP contribution in [0.1, 0.15) is 18.4 Å². The Balaban J connectivity index is 1.60. The zero-order valence-corrected chi connectivity index (χ0v) is 9.65. The van der Waals surface area contributed by atoms with E-state index in [9.17, 15) is 0 Å². The quantitative estimate of drug-likeness (QED) is 0.524. The third-order valence-corrected chi connectivity index (χ3v) is 2.64. The summed E-state index contributed by atoms with van der Waals surface area (Å²) in [6, 6.07) is 7.97. The minimum absolute atomic E-state index is 0.518. The third-order valence-electron chi connectivity index (χ3n) is 2.64. The molecule has 3 nitrogen and oxygen atoms in total. The summed E-state index contributed by atoms with van der Waals surface area (Å²) in [4.78, 5) is 0. The lowest BCUT2D eigenvalue weighted by molar-refractivity contribution is 0.115. The van der Waals surface area contributed by atoms with Crippen molar-refractivity contribution in [2.75, 3.05) is 20.3 Å². The fourth-order valence-corrected chi connectivity index (χ4v) is 1.56. The second-order valence-electron chi connectivity index (χ2n) is 4.00. The van der Waals surface area contributed by atoms with Gasteiger partial charge >= 0.3 is 0 Å². The number of hydrogen-bond acceptors (Lipinski definition) is 3. The van der Waals surface area contributed by atoms with Gasteiger partial charge in [-0.05, 0) is 30.5 Å². The molecule has 0 radical (unpaired) electrons. The molecule has 1 fully saturated rings. The van der Waals surface area contributed by atoms with E-state index in [2.05, 4.69) is 0 Å². The van der Waals surface area contributed by atoms with Crippen LogP contribution in [0.5, 0.6) is 5.75 Å². The van der Waals surface area contributed by atoms with E-state index in [0.717, 1.165) is 31.8 Å². The van der Waals surface area contributed by atoms with E-state index in [0.29, 0.717) is 12.7 Å². The molecule has 0 amide bonds. The van der Waals surface area contributed by atoms with Gasteiger partial charge in [0.25, 0.3) is 0 Å². The maximum atomic E-state index is 5.58. The van der Waals surface area contributed by atoms with Gasteiger partial charge in [-0.3, -0.25) is 0 Å². The number of hydrogen-bond donors (Lipinski definition) is 0. The van der Waals surface area contributed by atoms with E-state index >= 15 is 0 Å².